The summed E-state index contributed by atoms with van der Waals surface area (Å²) in [6, 6.07) is 0. The van der Waals surface area contributed by atoms with Crippen LogP contribution in [0.1, 0.15) is 69.2 Å². The van der Waals surface area contributed by atoms with Gasteiger partial charge in [0, 0.05) is 20.1 Å². The van der Waals surface area contributed by atoms with Crippen molar-refractivity contribution in [1.82, 2.24) is 20.5 Å². The predicted octanol–water partition coefficient (Wildman–Crippen LogP) is 4.26. The summed E-state index contributed by atoms with van der Waals surface area (Å²) in [5.74, 6) is 3.46. The van der Waals surface area contributed by atoms with E-state index >= 15 is 0 Å². The number of rotatable bonds is 7. The average Bonchev–Trinajstić information content (AvgIpc) is 3.30. The highest BCUT2D eigenvalue weighted by Crippen LogP contribution is 2.40. The Hall–Kier alpha value is -0.830. The molecule has 7 heteroatoms. The van der Waals surface area contributed by atoms with E-state index in [2.05, 4.69) is 32.4 Å². The summed E-state index contributed by atoms with van der Waals surface area (Å²) in [6.45, 7) is 11.4. The Morgan fingerprint density at radius 2 is 1.90 bits per heavy atom. The van der Waals surface area contributed by atoms with Crippen LogP contribution < -0.4 is 10.6 Å². The lowest BCUT2D eigenvalue weighted by atomic mass is 9.83. The van der Waals surface area contributed by atoms with E-state index in [1.165, 1.54) is 44.9 Å². The lowest BCUT2D eigenvalue weighted by Gasteiger charge is -2.32. The highest BCUT2D eigenvalue weighted by atomic mass is 127. The first kappa shape index (κ1) is 24.4. The van der Waals surface area contributed by atoms with E-state index in [1.54, 1.807) is 0 Å². The zero-order valence-corrected chi connectivity index (χ0v) is 21.1. The standard InChI is InChI=1S/C22H39N5O.HI/c1-5-22(10-6-7-11-22)16-25-21(23-4)24-14-19-8-12-27(13-9-19)15-20-26-17(2)18(3)28-20;/h19H,5-16H2,1-4H3,(H2,23,24,25);1H. The highest BCUT2D eigenvalue weighted by Gasteiger charge is 2.32. The number of piperidine rings is 1. The Labute approximate surface area is 193 Å². The molecule has 1 aliphatic carbocycles. The molecule has 29 heavy (non-hydrogen) atoms. The molecule has 2 heterocycles. The van der Waals surface area contributed by atoms with Crippen LogP contribution in [0.3, 0.4) is 0 Å². The number of guanidine groups is 1. The van der Waals surface area contributed by atoms with E-state index in [0.29, 0.717) is 11.3 Å². The average molecular weight is 518 g/mol. The molecule has 0 unspecified atom stereocenters. The lowest BCUT2D eigenvalue weighted by molar-refractivity contribution is 0.164. The third-order valence-electron chi connectivity index (χ3n) is 6.97. The number of oxazole rings is 1. The predicted molar refractivity (Wildman–Crippen MR) is 130 cm³/mol. The van der Waals surface area contributed by atoms with E-state index in [4.69, 9.17) is 4.42 Å². The molecule has 0 atom stereocenters. The largest absolute Gasteiger partial charge is 0.444 e. The van der Waals surface area contributed by atoms with Gasteiger partial charge in [-0.25, -0.2) is 4.98 Å². The minimum absolute atomic E-state index is 0. The van der Waals surface area contributed by atoms with Crippen LogP contribution in [0.4, 0.5) is 0 Å². The molecule has 1 saturated carbocycles. The van der Waals surface area contributed by atoms with Gasteiger partial charge in [-0.15, -0.1) is 24.0 Å². The molecular weight excluding hydrogens is 477 g/mol. The maximum atomic E-state index is 5.73. The summed E-state index contributed by atoms with van der Waals surface area (Å²) in [5, 5.41) is 7.17. The van der Waals surface area contributed by atoms with Gasteiger partial charge in [-0.05, 0) is 70.4 Å². The number of halogens is 1. The quantitative estimate of drug-likeness (QED) is 0.322. The number of hydrogen-bond acceptors (Lipinski definition) is 4. The Balaban J connectivity index is 0.00000300. The van der Waals surface area contributed by atoms with Crippen LogP contribution in [0.25, 0.3) is 0 Å². The van der Waals surface area contributed by atoms with E-state index in [1.807, 2.05) is 20.9 Å². The number of nitrogens with one attached hydrogen (secondary N) is 2. The van der Waals surface area contributed by atoms with Gasteiger partial charge in [-0.3, -0.25) is 9.89 Å². The van der Waals surface area contributed by atoms with Crippen molar-refractivity contribution in [2.75, 3.05) is 33.2 Å². The zero-order chi connectivity index (χ0) is 20.0. The van der Waals surface area contributed by atoms with Crippen molar-refractivity contribution in [3.8, 4) is 0 Å². The first-order valence-electron chi connectivity index (χ1n) is 11.1. The van der Waals surface area contributed by atoms with Crippen LogP contribution in [0.5, 0.6) is 0 Å². The number of likely N-dealkylation sites (tertiary alicyclic amines) is 1. The van der Waals surface area contributed by atoms with Gasteiger partial charge in [-0.1, -0.05) is 19.8 Å². The van der Waals surface area contributed by atoms with Crippen LogP contribution in [-0.4, -0.2) is 49.1 Å². The number of nitrogens with zero attached hydrogens (tertiary/aromatic N) is 3. The van der Waals surface area contributed by atoms with E-state index in [-0.39, 0.29) is 24.0 Å². The maximum absolute atomic E-state index is 5.73. The van der Waals surface area contributed by atoms with E-state index in [0.717, 1.165) is 56.0 Å². The molecular formula is C22H40IN5O. The van der Waals surface area contributed by atoms with Gasteiger partial charge >= 0.3 is 0 Å². The SMILES string of the molecule is CCC1(CNC(=NC)NCC2CCN(Cc3nc(C)c(C)o3)CC2)CCCC1.I. The van der Waals surface area contributed by atoms with Gasteiger partial charge in [0.15, 0.2) is 5.96 Å². The molecule has 0 radical (unpaired) electrons. The first-order chi connectivity index (χ1) is 13.5. The minimum atomic E-state index is 0. The smallest absolute Gasteiger partial charge is 0.208 e. The second-order valence-electron chi connectivity index (χ2n) is 8.84. The molecule has 2 N–H and O–H groups in total. The minimum Gasteiger partial charge on any atom is -0.444 e. The Kier molecular flexibility index (Phi) is 9.72. The van der Waals surface area contributed by atoms with Gasteiger partial charge in [0.2, 0.25) is 5.89 Å². The third kappa shape index (κ3) is 6.84. The molecule has 166 valence electrons. The number of aliphatic imine (C=N–C) groups is 1. The van der Waals surface area contributed by atoms with Crippen molar-refractivity contribution in [2.24, 2.45) is 16.3 Å². The molecule has 1 saturated heterocycles. The summed E-state index contributed by atoms with van der Waals surface area (Å²) >= 11 is 0. The normalized spacial score (nSPS) is 20.5. The van der Waals surface area contributed by atoms with Crippen molar-refractivity contribution in [3.63, 3.8) is 0 Å². The van der Waals surface area contributed by atoms with Crippen molar-refractivity contribution < 1.29 is 4.42 Å². The number of aromatic nitrogens is 1. The highest BCUT2D eigenvalue weighted by molar-refractivity contribution is 14.0. The molecule has 2 aliphatic rings. The Bertz CT molecular complexity index is 626. The first-order valence-corrected chi connectivity index (χ1v) is 11.1. The van der Waals surface area contributed by atoms with Crippen molar-refractivity contribution in [1.29, 1.82) is 0 Å². The summed E-state index contributed by atoms with van der Waals surface area (Å²) in [5.41, 5.74) is 1.50. The molecule has 0 spiro atoms. The summed E-state index contributed by atoms with van der Waals surface area (Å²) < 4.78 is 5.73. The van der Waals surface area contributed by atoms with Crippen LogP contribution in [0, 0.1) is 25.2 Å². The van der Waals surface area contributed by atoms with Crippen LogP contribution >= 0.6 is 24.0 Å². The summed E-state index contributed by atoms with van der Waals surface area (Å²) in [6.07, 6.45) is 9.16. The molecule has 1 aliphatic heterocycles. The molecule has 2 fully saturated rings. The van der Waals surface area contributed by atoms with Crippen LogP contribution in [-0.2, 0) is 6.54 Å². The third-order valence-corrected chi connectivity index (χ3v) is 6.97. The fourth-order valence-electron chi connectivity index (χ4n) is 4.66. The molecule has 0 bridgehead atoms. The lowest BCUT2D eigenvalue weighted by Crippen LogP contribution is -2.45. The molecule has 3 rings (SSSR count). The van der Waals surface area contributed by atoms with Crippen LogP contribution in [0.2, 0.25) is 0 Å². The molecule has 0 aromatic carbocycles. The van der Waals surface area contributed by atoms with Crippen LogP contribution in [0.15, 0.2) is 9.41 Å². The van der Waals surface area contributed by atoms with Gasteiger partial charge < -0.3 is 15.1 Å². The van der Waals surface area contributed by atoms with Gasteiger partial charge in [-0.2, -0.15) is 0 Å². The van der Waals surface area contributed by atoms with Crippen molar-refractivity contribution in [3.05, 3.63) is 17.3 Å². The summed E-state index contributed by atoms with van der Waals surface area (Å²) in [7, 11) is 1.88. The van der Waals surface area contributed by atoms with E-state index < -0.39 is 0 Å². The molecule has 6 nitrogen and oxygen atoms in total. The zero-order valence-electron chi connectivity index (χ0n) is 18.7. The van der Waals surface area contributed by atoms with Crippen molar-refractivity contribution >= 4 is 29.9 Å². The molecule has 0 amide bonds. The van der Waals surface area contributed by atoms with Crippen molar-refractivity contribution in [2.45, 2.75) is 72.3 Å². The fraction of sp³-hybridized carbons (Fsp3) is 0.818. The van der Waals surface area contributed by atoms with Gasteiger partial charge in [0.05, 0.1) is 12.2 Å². The summed E-state index contributed by atoms with van der Waals surface area (Å²) in [4.78, 5) is 11.4. The number of aryl methyl sites for hydroxylation is 2. The van der Waals surface area contributed by atoms with Gasteiger partial charge in [0.1, 0.15) is 5.76 Å². The van der Waals surface area contributed by atoms with Gasteiger partial charge in [0.25, 0.3) is 0 Å². The van der Waals surface area contributed by atoms with E-state index in [9.17, 15) is 0 Å². The second-order valence-corrected chi connectivity index (χ2v) is 8.84. The molecule has 1 aromatic heterocycles. The number of hydrogen-bond donors (Lipinski definition) is 2. The Morgan fingerprint density at radius 3 is 2.45 bits per heavy atom. The fourth-order valence-corrected chi connectivity index (χ4v) is 4.66. The monoisotopic (exact) mass is 517 g/mol. The topological polar surface area (TPSA) is 65.7 Å². The maximum Gasteiger partial charge on any atom is 0.208 e. The second kappa shape index (κ2) is 11.5. The molecule has 1 aromatic rings. The Morgan fingerprint density at radius 1 is 1.21 bits per heavy atom.